The Morgan fingerprint density at radius 3 is 2.68 bits per heavy atom. The van der Waals surface area contributed by atoms with E-state index < -0.39 is 0 Å². The molecule has 0 aromatic carbocycles. The van der Waals surface area contributed by atoms with Crippen molar-refractivity contribution >= 4 is 11.9 Å². The van der Waals surface area contributed by atoms with Crippen LogP contribution in [0.25, 0.3) is 0 Å². The predicted octanol–water partition coefficient (Wildman–Crippen LogP) is 1.84. The number of pyridine rings is 1. The summed E-state index contributed by atoms with van der Waals surface area (Å²) >= 11 is 0. The Balaban J connectivity index is 2.79. The van der Waals surface area contributed by atoms with Gasteiger partial charge < -0.3 is 10.1 Å². The summed E-state index contributed by atoms with van der Waals surface area (Å²) in [5.74, 6) is -0.481. The van der Waals surface area contributed by atoms with E-state index in [1.807, 2.05) is 13.8 Å². The zero-order valence-corrected chi connectivity index (χ0v) is 11.8. The maximum atomic E-state index is 11.7. The number of aromatic nitrogens is 1. The maximum absolute atomic E-state index is 11.7. The van der Waals surface area contributed by atoms with Crippen LogP contribution >= 0.6 is 0 Å². The van der Waals surface area contributed by atoms with Gasteiger partial charge in [-0.3, -0.25) is 9.78 Å². The summed E-state index contributed by atoms with van der Waals surface area (Å²) in [5, 5.41) is 2.78. The van der Waals surface area contributed by atoms with Gasteiger partial charge in [0, 0.05) is 18.7 Å². The molecule has 0 atom stereocenters. The average Bonchev–Trinajstić information content (AvgIpc) is 2.37. The van der Waals surface area contributed by atoms with E-state index in [2.05, 4.69) is 10.3 Å². The highest BCUT2D eigenvalue weighted by Gasteiger charge is 2.13. The number of esters is 1. The van der Waals surface area contributed by atoms with Gasteiger partial charge in [0.15, 0.2) is 0 Å². The Morgan fingerprint density at radius 1 is 1.42 bits per heavy atom. The van der Waals surface area contributed by atoms with Gasteiger partial charge in [0.25, 0.3) is 0 Å². The van der Waals surface area contributed by atoms with E-state index in [1.165, 1.54) is 0 Å². The normalized spacial score (nSPS) is 10.4. The molecule has 0 radical (unpaired) electrons. The van der Waals surface area contributed by atoms with E-state index in [4.69, 9.17) is 4.74 Å². The van der Waals surface area contributed by atoms with Crippen molar-refractivity contribution in [1.82, 2.24) is 10.3 Å². The number of amides is 1. The summed E-state index contributed by atoms with van der Waals surface area (Å²) in [6, 6.07) is 1.71. The molecular formula is C14H20N2O3. The van der Waals surface area contributed by atoms with Gasteiger partial charge in [0.05, 0.1) is 17.9 Å². The molecule has 1 amide bonds. The molecule has 1 aromatic rings. The van der Waals surface area contributed by atoms with Gasteiger partial charge in [-0.15, -0.1) is 0 Å². The third-order valence-corrected chi connectivity index (χ3v) is 2.63. The number of hydrogen-bond donors (Lipinski definition) is 1. The molecule has 1 aromatic heterocycles. The Kier molecular flexibility index (Phi) is 5.48. The molecule has 0 aliphatic carbocycles. The molecule has 0 saturated carbocycles. The van der Waals surface area contributed by atoms with E-state index in [9.17, 15) is 9.59 Å². The molecular weight excluding hydrogens is 244 g/mol. The SMILES string of the molecule is CCOC(=O)c1cc(CNC(=O)C(C)C)cnc1C. The first-order chi connectivity index (χ1) is 8.95. The molecule has 5 nitrogen and oxygen atoms in total. The molecule has 0 aliphatic heterocycles. The number of rotatable bonds is 5. The summed E-state index contributed by atoms with van der Waals surface area (Å²) in [6.45, 7) is 7.85. The lowest BCUT2D eigenvalue weighted by atomic mass is 10.1. The highest BCUT2D eigenvalue weighted by Crippen LogP contribution is 2.10. The second-order valence-corrected chi connectivity index (χ2v) is 4.57. The lowest BCUT2D eigenvalue weighted by Crippen LogP contribution is -2.27. The Labute approximate surface area is 113 Å². The minimum Gasteiger partial charge on any atom is -0.462 e. The van der Waals surface area contributed by atoms with Gasteiger partial charge >= 0.3 is 5.97 Å². The lowest BCUT2D eigenvalue weighted by Gasteiger charge is -2.10. The standard InChI is InChI=1S/C14H20N2O3/c1-5-19-14(18)12-6-11(7-15-10(12)4)8-16-13(17)9(2)3/h6-7,9H,5,8H2,1-4H3,(H,16,17). The predicted molar refractivity (Wildman–Crippen MR) is 71.6 cm³/mol. The number of ether oxygens (including phenoxy) is 1. The van der Waals surface area contributed by atoms with Gasteiger partial charge in [-0.2, -0.15) is 0 Å². The van der Waals surface area contributed by atoms with Crippen LogP contribution in [-0.2, 0) is 16.1 Å². The lowest BCUT2D eigenvalue weighted by molar-refractivity contribution is -0.124. The molecule has 5 heteroatoms. The maximum Gasteiger partial charge on any atom is 0.339 e. The molecule has 0 unspecified atom stereocenters. The van der Waals surface area contributed by atoms with Gasteiger partial charge in [-0.1, -0.05) is 13.8 Å². The Bertz CT molecular complexity index is 470. The molecule has 0 saturated heterocycles. The second kappa shape index (κ2) is 6.87. The molecule has 104 valence electrons. The molecule has 19 heavy (non-hydrogen) atoms. The Morgan fingerprint density at radius 2 is 2.11 bits per heavy atom. The number of aryl methyl sites for hydroxylation is 1. The minimum atomic E-state index is -0.385. The number of carbonyl (C=O) groups excluding carboxylic acids is 2. The van der Waals surface area contributed by atoms with Crippen LogP contribution in [0.2, 0.25) is 0 Å². The van der Waals surface area contributed by atoms with Gasteiger partial charge in [0.2, 0.25) is 5.91 Å². The average molecular weight is 264 g/mol. The van der Waals surface area contributed by atoms with Crippen LogP contribution in [-0.4, -0.2) is 23.5 Å². The summed E-state index contributed by atoms with van der Waals surface area (Å²) in [6.07, 6.45) is 1.65. The topological polar surface area (TPSA) is 68.3 Å². The van der Waals surface area contributed by atoms with E-state index in [1.54, 1.807) is 26.1 Å². The van der Waals surface area contributed by atoms with E-state index >= 15 is 0 Å². The molecule has 1 heterocycles. The van der Waals surface area contributed by atoms with Crippen LogP contribution in [0, 0.1) is 12.8 Å². The van der Waals surface area contributed by atoms with Crippen molar-refractivity contribution in [2.45, 2.75) is 34.2 Å². The van der Waals surface area contributed by atoms with Crippen molar-refractivity contribution in [2.24, 2.45) is 5.92 Å². The summed E-state index contributed by atoms with van der Waals surface area (Å²) < 4.78 is 4.96. The third kappa shape index (κ3) is 4.35. The number of nitrogens with zero attached hydrogens (tertiary/aromatic N) is 1. The first kappa shape index (κ1) is 15.1. The number of carbonyl (C=O) groups is 2. The van der Waals surface area contributed by atoms with Gasteiger partial charge in [-0.05, 0) is 25.5 Å². The van der Waals surface area contributed by atoms with Crippen molar-refractivity contribution < 1.29 is 14.3 Å². The van der Waals surface area contributed by atoms with E-state index in [0.717, 1.165) is 5.56 Å². The van der Waals surface area contributed by atoms with Crippen LogP contribution < -0.4 is 5.32 Å². The molecule has 1 rings (SSSR count). The van der Waals surface area contributed by atoms with Crippen molar-refractivity contribution in [3.8, 4) is 0 Å². The van der Waals surface area contributed by atoms with E-state index in [-0.39, 0.29) is 17.8 Å². The molecule has 0 spiro atoms. The van der Waals surface area contributed by atoms with Gasteiger partial charge in [0.1, 0.15) is 0 Å². The third-order valence-electron chi connectivity index (χ3n) is 2.63. The number of nitrogens with one attached hydrogen (secondary N) is 1. The minimum absolute atomic E-state index is 0.0294. The fourth-order valence-corrected chi connectivity index (χ4v) is 1.48. The van der Waals surface area contributed by atoms with Crippen molar-refractivity contribution in [3.05, 3.63) is 29.1 Å². The monoisotopic (exact) mass is 264 g/mol. The molecule has 1 N–H and O–H groups in total. The zero-order chi connectivity index (χ0) is 14.4. The second-order valence-electron chi connectivity index (χ2n) is 4.57. The smallest absolute Gasteiger partial charge is 0.339 e. The fourth-order valence-electron chi connectivity index (χ4n) is 1.48. The summed E-state index contributed by atoms with van der Waals surface area (Å²) in [4.78, 5) is 27.3. The highest BCUT2D eigenvalue weighted by atomic mass is 16.5. The van der Waals surface area contributed by atoms with Crippen LogP contribution in [0.1, 0.15) is 42.4 Å². The Hall–Kier alpha value is -1.91. The molecule has 0 aliphatic rings. The summed E-state index contributed by atoms with van der Waals surface area (Å²) in [7, 11) is 0. The molecule has 0 bridgehead atoms. The summed E-state index contributed by atoms with van der Waals surface area (Å²) in [5.41, 5.74) is 1.85. The van der Waals surface area contributed by atoms with Crippen molar-refractivity contribution in [2.75, 3.05) is 6.61 Å². The van der Waals surface area contributed by atoms with Crippen molar-refractivity contribution in [1.29, 1.82) is 0 Å². The van der Waals surface area contributed by atoms with Crippen LogP contribution in [0.15, 0.2) is 12.3 Å². The first-order valence-corrected chi connectivity index (χ1v) is 6.36. The van der Waals surface area contributed by atoms with Gasteiger partial charge in [-0.25, -0.2) is 4.79 Å². The van der Waals surface area contributed by atoms with Crippen LogP contribution in [0.4, 0.5) is 0 Å². The molecule has 0 fully saturated rings. The van der Waals surface area contributed by atoms with E-state index in [0.29, 0.717) is 24.4 Å². The van der Waals surface area contributed by atoms with Crippen molar-refractivity contribution in [3.63, 3.8) is 0 Å². The quantitative estimate of drug-likeness (QED) is 0.824. The highest BCUT2D eigenvalue weighted by molar-refractivity contribution is 5.90. The largest absolute Gasteiger partial charge is 0.462 e. The number of hydrogen-bond acceptors (Lipinski definition) is 4. The van der Waals surface area contributed by atoms with Crippen LogP contribution in [0.5, 0.6) is 0 Å². The zero-order valence-electron chi connectivity index (χ0n) is 11.8. The first-order valence-electron chi connectivity index (χ1n) is 6.36. The fraction of sp³-hybridized carbons (Fsp3) is 0.500. The van der Waals surface area contributed by atoms with Crippen LogP contribution in [0.3, 0.4) is 0 Å².